The molecule has 0 aliphatic carbocycles. The van der Waals surface area contributed by atoms with Crippen molar-refractivity contribution in [1.29, 1.82) is 0 Å². The van der Waals surface area contributed by atoms with Crippen molar-refractivity contribution in [2.45, 2.75) is 13.3 Å². The number of halogens is 2. The minimum absolute atomic E-state index is 0.0663. The van der Waals surface area contributed by atoms with E-state index in [2.05, 4.69) is 15.0 Å². The predicted octanol–water partition coefficient (Wildman–Crippen LogP) is 1.96. The highest BCUT2D eigenvalue weighted by Crippen LogP contribution is 2.18. The van der Waals surface area contributed by atoms with E-state index >= 15 is 0 Å². The van der Waals surface area contributed by atoms with Gasteiger partial charge in [0.25, 0.3) is 0 Å². The third-order valence-corrected chi connectivity index (χ3v) is 2.19. The van der Waals surface area contributed by atoms with E-state index in [0.717, 1.165) is 12.1 Å². The molecule has 0 atom stereocenters. The molecule has 0 spiro atoms. The zero-order valence-corrected chi connectivity index (χ0v) is 9.11. The van der Waals surface area contributed by atoms with E-state index in [1.54, 1.807) is 0 Å². The van der Waals surface area contributed by atoms with Crippen LogP contribution in [-0.4, -0.2) is 15.0 Å². The molecule has 0 saturated carbocycles. The normalized spacial score (nSPS) is 10.5. The summed E-state index contributed by atoms with van der Waals surface area (Å²) < 4.78 is 25.9. The molecule has 0 aliphatic rings. The molecule has 17 heavy (non-hydrogen) atoms. The van der Waals surface area contributed by atoms with Crippen molar-refractivity contribution in [2.75, 3.05) is 5.73 Å². The smallest absolute Gasteiger partial charge is 0.223 e. The maximum atomic E-state index is 13.1. The van der Waals surface area contributed by atoms with Crippen LogP contribution in [0.1, 0.15) is 12.7 Å². The van der Waals surface area contributed by atoms with E-state index < -0.39 is 11.6 Å². The second-order valence-corrected chi connectivity index (χ2v) is 3.42. The van der Waals surface area contributed by atoms with Gasteiger partial charge in [0.1, 0.15) is 5.82 Å². The Labute approximate surface area is 96.5 Å². The standard InChI is InChI=1S/C11H10F2N4/c1-2-9-15-10(17-11(14)16-9)6-3-4-7(12)8(13)5-6/h3-5H,2H2,1H3,(H2,14,15,16,17). The molecule has 1 aromatic heterocycles. The van der Waals surface area contributed by atoms with Crippen LogP contribution in [-0.2, 0) is 6.42 Å². The van der Waals surface area contributed by atoms with Gasteiger partial charge in [0.15, 0.2) is 17.5 Å². The van der Waals surface area contributed by atoms with E-state index in [1.165, 1.54) is 6.07 Å². The van der Waals surface area contributed by atoms with Gasteiger partial charge in [-0.15, -0.1) is 0 Å². The lowest BCUT2D eigenvalue weighted by molar-refractivity contribution is 0.509. The molecular formula is C11H10F2N4. The Morgan fingerprint density at radius 3 is 2.53 bits per heavy atom. The number of nitrogen functional groups attached to an aromatic ring is 1. The highest BCUT2D eigenvalue weighted by molar-refractivity contribution is 5.55. The predicted molar refractivity (Wildman–Crippen MR) is 59.0 cm³/mol. The fourth-order valence-electron chi connectivity index (χ4n) is 1.36. The summed E-state index contributed by atoms with van der Waals surface area (Å²) in [5, 5.41) is 0. The molecule has 88 valence electrons. The van der Waals surface area contributed by atoms with Crippen molar-refractivity contribution in [1.82, 2.24) is 15.0 Å². The molecular weight excluding hydrogens is 226 g/mol. The fraction of sp³-hybridized carbons (Fsp3) is 0.182. The van der Waals surface area contributed by atoms with Crippen molar-refractivity contribution in [2.24, 2.45) is 0 Å². The van der Waals surface area contributed by atoms with Crippen LogP contribution in [0.25, 0.3) is 11.4 Å². The van der Waals surface area contributed by atoms with Crippen LogP contribution in [0.15, 0.2) is 18.2 Å². The van der Waals surface area contributed by atoms with Crippen LogP contribution in [0.4, 0.5) is 14.7 Å². The first-order valence-electron chi connectivity index (χ1n) is 5.06. The number of aromatic nitrogens is 3. The summed E-state index contributed by atoms with van der Waals surface area (Å²) in [5.41, 5.74) is 5.88. The summed E-state index contributed by atoms with van der Waals surface area (Å²) >= 11 is 0. The van der Waals surface area contributed by atoms with Gasteiger partial charge < -0.3 is 5.73 Å². The lowest BCUT2D eigenvalue weighted by Gasteiger charge is -2.03. The van der Waals surface area contributed by atoms with Crippen molar-refractivity contribution in [3.8, 4) is 11.4 Å². The molecule has 4 nitrogen and oxygen atoms in total. The Morgan fingerprint density at radius 2 is 1.88 bits per heavy atom. The quantitative estimate of drug-likeness (QED) is 0.865. The maximum Gasteiger partial charge on any atom is 0.223 e. The van der Waals surface area contributed by atoms with Gasteiger partial charge in [-0.25, -0.2) is 13.8 Å². The first-order chi connectivity index (χ1) is 8.10. The van der Waals surface area contributed by atoms with E-state index in [1.807, 2.05) is 6.92 Å². The van der Waals surface area contributed by atoms with Gasteiger partial charge in [-0.05, 0) is 18.2 Å². The monoisotopic (exact) mass is 236 g/mol. The first kappa shape index (κ1) is 11.4. The van der Waals surface area contributed by atoms with E-state index in [0.29, 0.717) is 17.8 Å². The Morgan fingerprint density at radius 1 is 1.12 bits per heavy atom. The highest BCUT2D eigenvalue weighted by Gasteiger charge is 2.09. The Hall–Kier alpha value is -2.11. The van der Waals surface area contributed by atoms with Crippen LogP contribution in [0.2, 0.25) is 0 Å². The van der Waals surface area contributed by atoms with Crippen molar-refractivity contribution >= 4 is 5.95 Å². The average molecular weight is 236 g/mol. The lowest BCUT2D eigenvalue weighted by atomic mass is 10.2. The van der Waals surface area contributed by atoms with E-state index in [4.69, 9.17) is 5.73 Å². The molecule has 0 radical (unpaired) electrons. The summed E-state index contributed by atoms with van der Waals surface area (Å²) in [6, 6.07) is 3.45. The molecule has 0 aliphatic heterocycles. The molecule has 2 aromatic rings. The Bertz CT molecular complexity index is 557. The van der Waals surface area contributed by atoms with Crippen LogP contribution in [0.3, 0.4) is 0 Å². The van der Waals surface area contributed by atoms with Crippen molar-refractivity contribution in [3.63, 3.8) is 0 Å². The van der Waals surface area contributed by atoms with E-state index in [9.17, 15) is 8.78 Å². The second-order valence-electron chi connectivity index (χ2n) is 3.42. The summed E-state index contributed by atoms with van der Waals surface area (Å²) in [4.78, 5) is 11.9. The second kappa shape index (κ2) is 4.40. The molecule has 0 fully saturated rings. The van der Waals surface area contributed by atoms with Crippen LogP contribution < -0.4 is 5.73 Å². The molecule has 1 heterocycles. The van der Waals surface area contributed by atoms with Gasteiger partial charge in [0, 0.05) is 12.0 Å². The zero-order valence-electron chi connectivity index (χ0n) is 9.11. The molecule has 0 unspecified atom stereocenters. The number of benzene rings is 1. The third kappa shape index (κ3) is 2.35. The van der Waals surface area contributed by atoms with Gasteiger partial charge in [0.2, 0.25) is 5.95 Å². The van der Waals surface area contributed by atoms with Gasteiger partial charge in [-0.2, -0.15) is 9.97 Å². The lowest BCUT2D eigenvalue weighted by Crippen LogP contribution is -2.04. The molecule has 2 N–H and O–H groups in total. The van der Waals surface area contributed by atoms with Gasteiger partial charge in [0.05, 0.1) is 0 Å². The van der Waals surface area contributed by atoms with Crippen LogP contribution in [0, 0.1) is 11.6 Å². The summed E-state index contributed by atoms with van der Waals surface area (Å²) in [7, 11) is 0. The number of rotatable bonds is 2. The van der Waals surface area contributed by atoms with E-state index in [-0.39, 0.29) is 11.8 Å². The summed E-state index contributed by atoms with van der Waals surface area (Å²) in [6.45, 7) is 1.86. The van der Waals surface area contributed by atoms with Crippen molar-refractivity contribution in [3.05, 3.63) is 35.7 Å². The largest absolute Gasteiger partial charge is 0.368 e. The first-order valence-corrected chi connectivity index (χ1v) is 5.06. The molecule has 2 rings (SSSR count). The number of nitrogens with zero attached hydrogens (tertiary/aromatic N) is 3. The fourth-order valence-corrected chi connectivity index (χ4v) is 1.36. The Balaban J connectivity index is 2.52. The number of aryl methyl sites for hydroxylation is 1. The van der Waals surface area contributed by atoms with Gasteiger partial charge in [-0.1, -0.05) is 6.92 Å². The Kier molecular flexibility index (Phi) is 2.95. The third-order valence-electron chi connectivity index (χ3n) is 2.19. The molecule has 6 heteroatoms. The summed E-state index contributed by atoms with van der Waals surface area (Å²) in [5.74, 6) is -1.03. The SMILES string of the molecule is CCc1nc(N)nc(-c2ccc(F)c(F)c2)n1. The molecule has 1 aromatic carbocycles. The minimum atomic E-state index is -0.945. The van der Waals surface area contributed by atoms with Gasteiger partial charge in [-0.3, -0.25) is 0 Å². The molecule has 0 saturated heterocycles. The zero-order chi connectivity index (χ0) is 12.4. The number of hydrogen-bond acceptors (Lipinski definition) is 4. The molecule has 0 bridgehead atoms. The van der Waals surface area contributed by atoms with Crippen LogP contribution >= 0.6 is 0 Å². The highest BCUT2D eigenvalue weighted by atomic mass is 19.2. The number of nitrogens with two attached hydrogens (primary N) is 1. The summed E-state index contributed by atoms with van der Waals surface area (Å²) in [6.07, 6.45) is 0.587. The number of hydrogen-bond donors (Lipinski definition) is 1. The van der Waals surface area contributed by atoms with Crippen LogP contribution in [0.5, 0.6) is 0 Å². The average Bonchev–Trinajstić information content (AvgIpc) is 2.32. The number of anilines is 1. The topological polar surface area (TPSA) is 64.7 Å². The van der Waals surface area contributed by atoms with Crippen molar-refractivity contribution < 1.29 is 8.78 Å². The maximum absolute atomic E-state index is 13.1. The molecule has 0 amide bonds. The van der Waals surface area contributed by atoms with Gasteiger partial charge >= 0.3 is 0 Å². The minimum Gasteiger partial charge on any atom is -0.368 e.